The second-order valence-electron chi connectivity index (χ2n) is 7.39. The van der Waals surface area contributed by atoms with Gasteiger partial charge in [0.15, 0.2) is 0 Å². The molecule has 0 unspecified atom stereocenters. The Balaban J connectivity index is 2.47. The van der Waals surface area contributed by atoms with Crippen LogP contribution in [0.4, 0.5) is 0 Å². The van der Waals surface area contributed by atoms with Crippen LogP contribution in [0.3, 0.4) is 0 Å². The highest BCUT2D eigenvalue weighted by atomic mass is 16.4. The maximum atomic E-state index is 11.3. The second kappa shape index (κ2) is 9.75. The molecule has 0 aliphatic carbocycles. The molecule has 0 heterocycles. The van der Waals surface area contributed by atoms with Crippen molar-refractivity contribution in [3.8, 4) is 0 Å². The lowest BCUT2D eigenvalue weighted by atomic mass is 9.77. The van der Waals surface area contributed by atoms with Gasteiger partial charge >= 0.3 is 5.97 Å². The molecule has 0 aliphatic rings. The van der Waals surface area contributed by atoms with Crippen LogP contribution in [0.5, 0.6) is 0 Å². The predicted octanol–water partition coefficient (Wildman–Crippen LogP) is 6.50. The number of benzene rings is 1. The van der Waals surface area contributed by atoms with E-state index in [-0.39, 0.29) is 5.41 Å². The first-order chi connectivity index (χ1) is 10.9. The number of carboxylic acid groups (broad SMARTS) is 1. The Labute approximate surface area is 142 Å². The Hall–Kier alpha value is -1.31. The van der Waals surface area contributed by atoms with Crippen molar-refractivity contribution in [1.82, 2.24) is 0 Å². The van der Waals surface area contributed by atoms with E-state index in [1.807, 2.05) is 13.0 Å². The second-order valence-corrected chi connectivity index (χ2v) is 7.39. The standard InChI is InChI=1S/C21H34O2/c1-5-6-7-8-9-10-11-12-16-21(3,4)19-15-13-14-18(17(19)2)20(22)23/h13-15H,5-12,16H2,1-4H3,(H,22,23). The third kappa shape index (κ3) is 6.37. The average Bonchev–Trinajstić information content (AvgIpc) is 2.49. The third-order valence-electron chi connectivity index (χ3n) is 4.95. The maximum absolute atomic E-state index is 11.3. The normalized spacial score (nSPS) is 11.7. The van der Waals surface area contributed by atoms with Crippen LogP contribution >= 0.6 is 0 Å². The highest BCUT2D eigenvalue weighted by molar-refractivity contribution is 5.89. The summed E-state index contributed by atoms with van der Waals surface area (Å²) in [5.74, 6) is -0.827. The highest BCUT2D eigenvalue weighted by Crippen LogP contribution is 2.33. The Morgan fingerprint density at radius 1 is 1.00 bits per heavy atom. The summed E-state index contributed by atoms with van der Waals surface area (Å²) in [6, 6.07) is 5.67. The van der Waals surface area contributed by atoms with Gasteiger partial charge in [-0.2, -0.15) is 0 Å². The van der Waals surface area contributed by atoms with Gasteiger partial charge in [-0.05, 0) is 36.0 Å². The zero-order valence-electron chi connectivity index (χ0n) is 15.5. The van der Waals surface area contributed by atoms with Crippen molar-refractivity contribution in [3.05, 3.63) is 34.9 Å². The SMILES string of the molecule is CCCCCCCCCCC(C)(C)c1cccc(C(=O)O)c1C. The summed E-state index contributed by atoms with van der Waals surface area (Å²) in [4.78, 5) is 11.3. The van der Waals surface area contributed by atoms with E-state index in [0.717, 1.165) is 12.0 Å². The van der Waals surface area contributed by atoms with Gasteiger partial charge in [0, 0.05) is 0 Å². The summed E-state index contributed by atoms with van der Waals surface area (Å²) in [6.45, 7) is 8.67. The molecule has 2 heteroatoms. The molecule has 0 saturated heterocycles. The minimum atomic E-state index is -0.827. The lowest BCUT2D eigenvalue weighted by Gasteiger charge is -2.28. The predicted molar refractivity (Wildman–Crippen MR) is 98.4 cm³/mol. The van der Waals surface area contributed by atoms with E-state index in [9.17, 15) is 9.90 Å². The molecule has 0 bridgehead atoms. The van der Waals surface area contributed by atoms with Gasteiger partial charge in [0.25, 0.3) is 0 Å². The summed E-state index contributed by atoms with van der Waals surface area (Å²) < 4.78 is 0. The summed E-state index contributed by atoms with van der Waals surface area (Å²) in [5.41, 5.74) is 2.58. The van der Waals surface area contributed by atoms with Gasteiger partial charge < -0.3 is 5.11 Å². The van der Waals surface area contributed by atoms with Crippen molar-refractivity contribution in [2.75, 3.05) is 0 Å². The van der Waals surface area contributed by atoms with Crippen LogP contribution < -0.4 is 0 Å². The molecule has 0 saturated carbocycles. The fourth-order valence-electron chi connectivity index (χ4n) is 3.44. The molecular weight excluding hydrogens is 284 g/mol. The lowest BCUT2D eigenvalue weighted by molar-refractivity contribution is 0.0696. The summed E-state index contributed by atoms with van der Waals surface area (Å²) >= 11 is 0. The zero-order valence-corrected chi connectivity index (χ0v) is 15.5. The van der Waals surface area contributed by atoms with Crippen molar-refractivity contribution in [1.29, 1.82) is 0 Å². The summed E-state index contributed by atoms with van der Waals surface area (Å²) in [7, 11) is 0. The Bertz CT molecular complexity index is 489. The van der Waals surface area contributed by atoms with E-state index in [1.54, 1.807) is 6.07 Å². The summed E-state index contributed by atoms with van der Waals surface area (Å²) in [5, 5.41) is 9.29. The number of carbonyl (C=O) groups is 1. The van der Waals surface area contributed by atoms with E-state index in [2.05, 4.69) is 26.8 Å². The van der Waals surface area contributed by atoms with Crippen LogP contribution in [0.15, 0.2) is 18.2 Å². The zero-order chi connectivity index (χ0) is 17.3. The van der Waals surface area contributed by atoms with Crippen molar-refractivity contribution in [2.45, 2.75) is 90.9 Å². The monoisotopic (exact) mass is 318 g/mol. The van der Waals surface area contributed by atoms with Crippen molar-refractivity contribution < 1.29 is 9.90 Å². The number of unbranched alkanes of at least 4 members (excludes halogenated alkanes) is 7. The summed E-state index contributed by atoms with van der Waals surface area (Å²) in [6.07, 6.45) is 11.7. The van der Waals surface area contributed by atoms with Gasteiger partial charge in [-0.1, -0.05) is 84.3 Å². The molecule has 2 nitrogen and oxygen atoms in total. The Kier molecular flexibility index (Phi) is 8.36. The molecule has 0 amide bonds. The molecule has 0 aliphatic heterocycles. The average molecular weight is 319 g/mol. The van der Waals surface area contributed by atoms with Crippen molar-refractivity contribution >= 4 is 5.97 Å². The maximum Gasteiger partial charge on any atom is 0.335 e. The molecule has 0 spiro atoms. The van der Waals surface area contributed by atoms with Gasteiger partial charge in [-0.3, -0.25) is 0 Å². The fraction of sp³-hybridized carbons (Fsp3) is 0.667. The van der Waals surface area contributed by atoms with Crippen LogP contribution in [0.25, 0.3) is 0 Å². The first-order valence-corrected chi connectivity index (χ1v) is 9.23. The number of aromatic carboxylic acids is 1. The molecule has 0 fully saturated rings. The minimum absolute atomic E-state index is 0.0394. The largest absolute Gasteiger partial charge is 0.478 e. The van der Waals surface area contributed by atoms with Crippen LogP contribution in [-0.4, -0.2) is 11.1 Å². The van der Waals surface area contributed by atoms with E-state index in [1.165, 1.54) is 56.9 Å². The molecule has 1 N–H and O–H groups in total. The number of hydrogen-bond acceptors (Lipinski definition) is 1. The van der Waals surface area contributed by atoms with E-state index in [0.29, 0.717) is 5.56 Å². The smallest absolute Gasteiger partial charge is 0.335 e. The van der Waals surface area contributed by atoms with Crippen LogP contribution in [0, 0.1) is 6.92 Å². The Morgan fingerprint density at radius 2 is 1.57 bits per heavy atom. The lowest BCUT2D eigenvalue weighted by Crippen LogP contribution is -2.20. The molecule has 1 rings (SSSR count). The van der Waals surface area contributed by atoms with Crippen molar-refractivity contribution in [2.24, 2.45) is 0 Å². The minimum Gasteiger partial charge on any atom is -0.478 e. The topological polar surface area (TPSA) is 37.3 Å². The third-order valence-corrected chi connectivity index (χ3v) is 4.95. The van der Waals surface area contributed by atoms with Gasteiger partial charge in [-0.25, -0.2) is 4.79 Å². The molecule has 0 atom stereocenters. The first kappa shape index (κ1) is 19.7. The molecule has 1 aromatic carbocycles. The van der Waals surface area contributed by atoms with E-state index >= 15 is 0 Å². The molecule has 0 radical (unpaired) electrons. The molecule has 130 valence electrons. The van der Waals surface area contributed by atoms with Crippen LogP contribution in [0.1, 0.15) is 100 Å². The van der Waals surface area contributed by atoms with Gasteiger partial charge in [-0.15, -0.1) is 0 Å². The molecule has 1 aromatic rings. The van der Waals surface area contributed by atoms with Crippen LogP contribution in [-0.2, 0) is 5.41 Å². The number of hydrogen-bond donors (Lipinski definition) is 1. The fourth-order valence-corrected chi connectivity index (χ4v) is 3.44. The van der Waals surface area contributed by atoms with Gasteiger partial charge in [0.1, 0.15) is 0 Å². The van der Waals surface area contributed by atoms with Crippen molar-refractivity contribution in [3.63, 3.8) is 0 Å². The molecule has 23 heavy (non-hydrogen) atoms. The quantitative estimate of drug-likeness (QED) is 0.473. The molecule has 0 aromatic heterocycles. The van der Waals surface area contributed by atoms with E-state index in [4.69, 9.17) is 0 Å². The van der Waals surface area contributed by atoms with E-state index < -0.39 is 5.97 Å². The van der Waals surface area contributed by atoms with Crippen LogP contribution in [0.2, 0.25) is 0 Å². The molecular formula is C21H34O2. The first-order valence-electron chi connectivity index (χ1n) is 9.23. The highest BCUT2D eigenvalue weighted by Gasteiger charge is 2.24. The van der Waals surface area contributed by atoms with Gasteiger partial charge in [0.05, 0.1) is 5.56 Å². The number of rotatable bonds is 11. The Morgan fingerprint density at radius 3 is 2.13 bits per heavy atom. The number of carboxylic acids is 1. The van der Waals surface area contributed by atoms with Gasteiger partial charge in [0.2, 0.25) is 0 Å².